The zero-order valence-corrected chi connectivity index (χ0v) is 8.32. The van der Waals surface area contributed by atoms with Gasteiger partial charge in [0.15, 0.2) is 6.10 Å². The van der Waals surface area contributed by atoms with Crippen molar-refractivity contribution in [2.75, 3.05) is 0 Å². The van der Waals surface area contributed by atoms with Crippen LogP contribution in [0.4, 0.5) is 0 Å². The number of aliphatic carboxylic acids is 1. The molecule has 1 rings (SSSR count). The Kier molecular flexibility index (Phi) is 3.72. The second-order valence-electron chi connectivity index (χ2n) is 4.04. The van der Waals surface area contributed by atoms with Gasteiger partial charge in [0.05, 0.1) is 6.10 Å². The lowest BCUT2D eigenvalue weighted by Gasteiger charge is -2.28. The molecule has 0 bridgehead atoms. The van der Waals surface area contributed by atoms with E-state index >= 15 is 0 Å². The Hall–Kier alpha value is -0.570. The molecule has 0 aliphatic heterocycles. The summed E-state index contributed by atoms with van der Waals surface area (Å²) in [6.07, 6.45) is 3.69. The fourth-order valence-corrected chi connectivity index (χ4v) is 1.57. The third-order valence-electron chi connectivity index (χ3n) is 2.48. The largest absolute Gasteiger partial charge is 0.479 e. The fourth-order valence-electron chi connectivity index (χ4n) is 1.57. The van der Waals surface area contributed by atoms with Crippen LogP contribution in [0.2, 0.25) is 0 Å². The van der Waals surface area contributed by atoms with E-state index in [0.717, 1.165) is 0 Å². The Morgan fingerprint density at radius 3 is 2.46 bits per heavy atom. The van der Waals surface area contributed by atoms with Crippen molar-refractivity contribution in [3.05, 3.63) is 0 Å². The Morgan fingerprint density at radius 2 is 2.15 bits per heavy atom. The summed E-state index contributed by atoms with van der Waals surface area (Å²) in [5.41, 5.74) is 0. The molecule has 1 saturated carbocycles. The van der Waals surface area contributed by atoms with Crippen LogP contribution in [0.3, 0.4) is 0 Å². The Labute approximate surface area is 79.1 Å². The van der Waals surface area contributed by atoms with Crippen LogP contribution >= 0.6 is 0 Å². The zero-order chi connectivity index (χ0) is 9.84. The average Bonchev–Trinajstić information content (AvgIpc) is 1.92. The summed E-state index contributed by atoms with van der Waals surface area (Å²) in [4.78, 5) is 10.8. The van der Waals surface area contributed by atoms with Gasteiger partial charge in [0.1, 0.15) is 0 Å². The van der Waals surface area contributed by atoms with Crippen LogP contribution in [0.15, 0.2) is 0 Å². The van der Waals surface area contributed by atoms with Crippen LogP contribution in [0.25, 0.3) is 0 Å². The van der Waals surface area contributed by atoms with E-state index in [2.05, 4.69) is 0 Å². The second-order valence-corrected chi connectivity index (χ2v) is 4.04. The van der Waals surface area contributed by atoms with Crippen molar-refractivity contribution in [2.24, 2.45) is 5.92 Å². The zero-order valence-electron chi connectivity index (χ0n) is 8.32. The predicted molar refractivity (Wildman–Crippen MR) is 49.6 cm³/mol. The lowest BCUT2D eigenvalue weighted by atomic mass is 9.81. The molecular formula is C10H18O3. The summed E-state index contributed by atoms with van der Waals surface area (Å²) in [5.74, 6) is -0.236. The SMILES string of the molecule is CC(C)OC(CC1CCC1)C(=O)O. The first kappa shape index (κ1) is 10.5. The molecule has 0 radical (unpaired) electrons. The maximum absolute atomic E-state index is 10.8. The van der Waals surface area contributed by atoms with Gasteiger partial charge in [0.2, 0.25) is 0 Å². The van der Waals surface area contributed by atoms with E-state index in [9.17, 15) is 4.79 Å². The van der Waals surface area contributed by atoms with Gasteiger partial charge >= 0.3 is 5.97 Å². The molecule has 0 heterocycles. The highest BCUT2D eigenvalue weighted by molar-refractivity contribution is 5.72. The molecule has 1 fully saturated rings. The average molecular weight is 186 g/mol. The molecule has 1 aliphatic carbocycles. The molecule has 0 saturated heterocycles. The molecule has 3 heteroatoms. The van der Waals surface area contributed by atoms with Gasteiger partial charge in [-0.05, 0) is 26.2 Å². The number of carboxylic acid groups (broad SMARTS) is 1. The molecule has 0 aromatic rings. The van der Waals surface area contributed by atoms with Crippen molar-refractivity contribution in [1.29, 1.82) is 0 Å². The number of hydrogen-bond acceptors (Lipinski definition) is 2. The van der Waals surface area contributed by atoms with Crippen LogP contribution in [0, 0.1) is 5.92 Å². The Morgan fingerprint density at radius 1 is 1.54 bits per heavy atom. The highest BCUT2D eigenvalue weighted by Crippen LogP contribution is 2.31. The number of ether oxygens (including phenoxy) is 1. The van der Waals surface area contributed by atoms with Gasteiger partial charge < -0.3 is 9.84 Å². The van der Waals surface area contributed by atoms with E-state index in [1.807, 2.05) is 13.8 Å². The van der Waals surface area contributed by atoms with Gasteiger partial charge in [0, 0.05) is 0 Å². The van der Waals surface area contributed by atoms with Crippen molar-refractivity contribution in [1.82, 2.24) is 0 Å². The molecule has 1 unspecified atom stereocenters. The second kappa shape index (κ2) is 4.61. The molecule has 0 spiro atoms. The van der Waals surface area contributed by atoms with E-state index in [0.29, 0.717) is 12.3 Å². The normalized spacial score (nSPS) is 19.9. The topological polar surface area (TPSA) is 46.5 Å². The third kappa shape index (κ3) is 3.35. The minimum absolute atomic E-state index is 0.00109. The number of carboxylic acids is 1. The first-order valence-electron chi connectivity index (χ1n) is 4.98. The molecule has 1 atom stereocenters. The first-order chi connectivity index (χ1) is 6.09. The van der Waals surface area contributed by atoms with Crippen LogP contribution < -0.4 is 0 Å². The molecule has 13 heavy (non-hydrogen) atoms. The highest BCUT2D eigenvalue weighted by Gasteiger charge is 2.27. The van der Waals surface area contributed by atoms with Crippen LogP contribution in [0.1, 0.15) is 39.5 Å². The summed E-state index contributed by atoms with van der Waals surface area (Å²) in [6.45, 7) is 3.74. The fraction of sp³-hybridized carbons (Fsp3) is 0.900. The van der Waals surface area contributed by atoms with E-state index in [4.69, 9.17) is 9.84 Å². The molecular weight excluding hydrogens is 168 g/mol. The standard InChI is InChI=1S/C10H18O3/c1-7(2)13-9(10(11)12)6-8-4-3-5-8/h7-9H,3-6H2,1-2H3,(H,11,12). The Balaban J connectivity index is 2.32. The quantitative estimate of drug-likeness (QED) is 0.714. The predicted octanol–water partition coefficient (Wildman–Crippen LogP) is 2.05. The summed E-state index contributed by atoms with van der Waals surface area (Å²) in [5, 5.41) is 8.87. The maximum atomic E-state index is 10.8. The lowest BCUT2D eigenvalue weighted by Crippen LogP contribution is -2.31. The maximum Gasteiger partial charge on any atom is 0.332 e. The van der Waals surface area contributed by atoms with Crippen LogP contribution in [-0.2, 0) is 9.53 Å². The van der Waals surface area contributed by atoms with E-state index in [1.54, 1.807) is 0 Å². The van der Waals surface area contributed by atoms with E-state index in [1.165, 1.54) is 19.3 Å². The molecule has 76 valence electrons. The van der Waals surface area contributed by atoms with Crippen LogP contribution in [0.5, 0.6) is 0 Å². The van der Waals surface area contributed by atoms with Crippen molar-refractivity contribution in [3.8, 4) is 0 Å². The minimum Gasteiger partial charge on any atom is -0.479 e. The number of carbonyl (C=O) groups is 1. The van der Waals surface area contributed by atoms with Gasteiger partial charge in [-0.15, -0.1) is 0 Å². The van der Waals surface area contributed by atoms with Gasteiger partial charge in [-0.1, -0.05) is 19.3 Å². The molecule has 0 amide bonds. The molecule has 1 N–H and O–H groups in total. The van der Waals surface area contributed by atoms with Crippen molar-refractivity contribution in [3.63, 3.8) is 0 Å². The summed E-state index contributed by atoms with van der Waals surface area (Å²) < 4.78 is 5.32. The number of rotatable bonds is 5. The van der Waals surface area contributed by atoms with Crippen molar-refractivity contribution in [2.45, 2.75) is 51.7 Å². The van der Waals surface area contributed by atoms with Crippen LogP contribution in [-0.4, -0.2) is 23.3 Å². The van der Waals surface area contributed by atoms with Gasteiger partial charge in [0.25, 0.3) is 0 Å². The van der Waals surface area contributed by atoms with E-state index in [-0.39, 0.29) is 6.10 Å². The highest BCUT2D eigenvalue weighted by atomic mass is 16.5. The number of hydrogen-bond donors (Lipinski definition) is 1. The Bertz CT molecular complexity index is 173. The van der Waals surface area contributed by atoms with E-state index < -0.39 is 12.1 Å². The van der Waals surface area contributed by atoms with Crippen molar-refractivity contribution < 1.29 is 14.6 Å². The van der Waals surface area contributed by atoms with Gasteiger partial charge in [-0.25, -0.2) is 4.79 Å². The first-order valence-corrected chi connectivity index (χ1v) is 4.98. The molecule has 0 aromatic heterocycles. The van der Waals surface area contributed by atoms with Gasteiger partial charge in [-0.3, -0.25) is 0 Å². The smallest absolute Gasteiger partial charge is 0.332 e. The summed E-state index contributed by atoms with van der Waals surface area (Å²) in [6, 6.07) is 0. The molecule has 3 nitrogen and oxygen atoms in total. The third-order valence-corrected chi connectivity index (χ3v) is 2.48. The lowest BCUT2D eigenvalue weighted by molar-refractivity contribution is -0.155. The summed E-state index contributed by atoms with van der Waals surface area (Å²) >= 11 is 0. The monoisotopic (exact) mass is 186 g/mol. The van der Waals surface area contributed by atoms with Gasteiger partial charge in [-0.2, -0.15) is 0 Å². The molecule has 1 aliphatic rings. The summed E-state index contributed by atoms with van der Waals surface area (Å²) in [7, 11) is 0. The minimum atomic E-state index is -0.819. The molecule has 0 aromatic carbocycles. The van der Waals surface area contributed by atoms with Crippen molar-refractivity contribution >= 4 is 5.97 Å².